The van der Waals surface area contributed by atoms with Crippen LogP contribution < -0.4 is 14.8 Å². The maximum atomic E-state index is 13.0. The van der Waals surface area contributed by atoms with Crippen molar-refractivity contribution in [3.63, 3.8) is 0 Å². The number of nitrogens with one attached hydrogen (secondary N) is 1. The highest BCUT2D eigenvalue weighted by molar-refractivity contribution is 7.95. The fourth-order valence-electron chi connectivity index (χ4n) is 4.19. The molecule has 0 spiro atoms. The van der Waals surface area contributed by atoms with Gasteiger partial charge in [0.25, 0.3) is 0 Å². The van der Waals surface area contributed by atoms with Gasteiger partial charge in [-0.25, -0.2) is 18.0 Å². The number of amides is 2. The molecule has 0 aliphatic carbocycles. The van der Waals surface area contributed by atoms with Gasteiger partial charge < -0.3 is 29.4 Å². The number of carbonyl (C=O) groups is 3. The van der Waals surface area contributed by atoms with Gasteiger partial charge in [-0.3, -0.25) is 9.69 Å². The predicted octanol–water partition coefficient (Wildman–Crippen LogP) is 2.02. The Hall–Kier alpha value is -3.32. The summed E-state index contributed by atoms with van der Waals surface area (Å²) in [6.07, 6.45) is -0.452. The van der Waals surface area contributed by atoms with Gasteiger partial charge in [-0.2, -0.15) is 0 Å². The van der Waals surface area contributed by atoms with Gasteiger partial charge >= 0.3 is 12.1 Å². The third-order valence-corrected chi connectivity index (χ3v) is 7.64. The first-order valence-corrected chi connectivity index (χ1v) is 12.1. The molecule has 2 heterocycles. The molecule has 1 saturated heterocycles. The van der Waals surface area contributed by atoms with Crippen molar-refractivity contribution in [3.8, 4) is 11.5 Å². The topological polar surface area (TPSA) is 158 Å². The lowest BCUT2D eigenvalue weighted by Gasteiger charge is -2.34. The van der Waals surface area contributed by atoms with E-state index < -0.39 is 58.3 Å². The third-order valence-electron chi connectivity index (χ3n) is 5.79. The van der Waals surface area contributed by atoms with Gasteiger partial charge in [-0.1, -0.05) is 7.43 Å². The Morgan fingerprint density at radius 2 is 1.78 bits per heavy atom. The van der Waals surface area contributed by atoms with Crippen LogP contribution in [-0.2, 0) is 28.9 Å². The van der Waals surface area contributed by atoms with Crippen LogP contribution in [-0.4, -0.2) is 81.1 Å². The molecule has 36 heavy (non-hydrogen) atoms. The Bertz CT molecular complexity index is 1190. The summed E-state index contributed by atoms with van der Waals surface area (Å²) in [5, 5.41) is 11.8. The summed E-state index contributed by atoms with van der Waals surface area (Å²) in [5.74, 6) is -1.36. The highest BCUT2D eigenvalue weighted by Crippen LogP contribution is 2.40. The van der Waals surface area contributed by atoms with E-state index in [2.05, 4.69) is 5.32 Å². The zero-order chi connectivity index (χ0) is 26.3. The lowest BCUT2D eigenvalue weighted by atomic mass is 10.1. The number of hydrogen-bond donors (Lipinski definition) is 2. The van der Waals surface area contributed by atoms with Gasteiger partial charge in [0.1, 0.15) is 18.4 Å². The number of benzene rings is 1. The van der Waals surface area contributed by atoms with Crippen LogP contribution in [0.3, 0.4) is 0 Å². The highest BCUT2D eigenvalue weighted by Gasteiger charge is 2.52. The van der Waals surface area contributed by atoms with Crippen LogP contribution in [0.1, 0.15) is 40.7 Å². The molecule has 13 heteroatoms. The Labute approximate surface area is 210 Å². The number of ether oxygens (including phenoxy) is 4. The van der Waals surface area contributed by atoms with E-state index in [1.54, 1.807) is 20.8 Å². The third kappa shape index (κ3) is 5.12. The van der Waals surface area contributed by atoms with Crippen LogP contribution in [0.4, 0.5) is 4.79 Å². The van der Waals surface area contributed by atoms with E-state index in [-0.39, 0.29) is 23.0 Å². The Balaban J connectivity index is 0.00000456. The minimum Gasteiger partial charge on any atom is -0.493 e. The normalized spacial score (nSPS) is 21.9. The van der Waals surface area contributed by atoms with Crippen molar-refractivity contribution < 1.29 is 46.9 Å². The quantitative estimate of drug-likeness (QED) is 0.536. The molecule has 2 N–H and O–H groups in total. The number of carboxylic acid groups (broad SMARTS) is 1. The zero-order valence-electron chi connectivity index (χ0n) is 20.1. The fraction of sp³-hybridized carbons (Fsp3) is 0.522. The monoisotopic (exact) mass is 528 g/mol. The molecular weight excluding hydrogens is 496 g/mol. The van der Waals surface area contributed by atoms with Gasteiger partial charge in [-0.05, 0) is 45.4 Å². The first-order valence-electron chi connectivity index (χ1n) is 10.6. The van der Waals surface area contributed by atoms with Crippen molar-refractivity contribution in [3.05, 3.63) is 22.6 Å². The summed E-state index contributed by atoms with van der Waals surface area (Å²) in [6, 6.07) is 0.420. The van der Waals surface area contributed by atoms with Crippen molar-refractivity contribution in [1.82, 2.24) is 10.2 Å². The molecule has 3 atom stereocenters. The minimum atomic E-state index is -3.93. The Morgan fingerprint density at radius 3 is 2.33 bits per heavy atom. The average Bonchev–Trinajstić information content (AvgIpc) is 3.17. The summed E-state index contributed by atoms with van der Waals surface area (Å²) < 4.78 is 46.7. The molecule has 3 unspecified atom stereocenters. The maximum Gasteiger partial charge on any atom is 0.408 e. The predicted molar refractivity (Wildman–Crippen MR) is 128 cm³/mol. The number of rotatable bonds is 7. The number of sulfone groups is 1. The van der Waals surface area contributed by atoms with Crippen LogP contribution in [0.2, 0.25) is 0 Å². The molecule has 2 aliphatic rings. The maximum absolute atomic E-state index is 13.0. The number of hydrogen-bond acceptors (Lipinski definition) is 9. The second-order valence-corrected chi connectivity index (χ2v) is 10.5. The summed E-state index contributed by atoms with van der Waals surface area (Å²) in [7, 11) is -1.13. The zero-order valence-corrected chi connectivity index (χ0v) is 21.0. The molecule has 2 amide bonds. The van der Waals surface area contributed by atoms with Crippen molar-refractivity contribution in [2.45, 2.75) is 63.9 Å². The van der Waals surface area contributed by atoms with E-state index in [9.17, 15) is 27.9 Å². The van der Waals surface area contributed by atoms with E-state index in [4.69, 9.17) is 18.9 Å². The molecular formula is C23H32N2O10S. The van der Waals surface area contributed by atoms with E-state index in [0.29, 0.717) is 11.3 Å². The molecule has 200 valence electrons. The first kappa shape index (κ1) is 28.9. The number of aliphatic carboxylic acids is 1. The SMILES string of the molecule is C.COc1cc2c(cc1OC)S(=O)(=O)C(COC(=O)NC(C)C(=O)N1C(C(=O)O)C(C)OC1(C)C)=C2. The number of fused-ring (bicyclic) bond motifs is 1. The van der Waals surface area contributed by atoms with Crippen molar-refractivity contribution >= 4 is 33.9 Å². The number of carboxylic acids is 1. The lowest BCUT2D eigenvalue weighted by molar-refractivity contribution is -0.156. The van der Waals surface area contributed by atoms with Gasteiger partial charge in [0.15, 0.2) is 17.5 Å². The van der Waals surface area contributed by atoms with E-state index >= 15 is 0 Å². The molecule has 0 radical (unpaired) electrons. The van der Waals surface area contributed by atoms with Crippen LogP contribution in [0.15, 0.2) is 21.9 Å². The Morgan fingerprint density at radius 1 is 1.19 bits per heavy atom. The van der Waals surface area contributed by atoms with Gasteiger partial charge in [-0.15, -0.1) is 0 Å². The van der Waals surface area contributed by atoms with Crippen LogP contribution >= 0.6 is 0 Å². The lowest BCUT2D eigenvalue weighted by Crippen LogP contribution is -2.57. The van der Waals surface area contributed by atoms with Crippen LogP contribution in [0.25, 0.3) is 6.08 Å². The number of carbonyl (C=O) groups excluding carboxylic acids is 2. The van der Waals surface area contributed by atoms with Gasteiger partial charge in [0.05, 0.1) is 30.1 Å². The number of alkyl carbamates (subject to hydrolysis) is 1. The molecule has 0 bridgehead atoms. The fourth-order valence-corrected chi connectivity index (χ4v) is 5.66. The molecule has 2 aliphatic heterocycles. The average molecular weight is 529 g/mol. The number of methoxy groups -OCH3 is 2. The van der Waals surface area contributed by atoms with E-state index in [1.165, 1.54) is 39.4 Å². The largest absolute Gasteiger partial charge is 0.493 e. The first-order chi connectivity index (χ1) is 16.2. The van der Waals surface area contributed by atoms with E-state index in [1.807, 2.05) is 0 Å². The Kier molecular flexibility index (Phi) is 8.31. The molecule has 1 aromatic carbocycles. The van der Waals surface area contributed by atoms with Gasteiger partial charge in [0, 0.05) is 6.07 Å². The molecule has 0 saturated carbocycles. The smallest absolute Gasteiger partial charge is 0.408 e. The molecule has 1 aromatic rings. The van der Waals surface area contributed by atoms with Crippen LogP contribution in [0, 0.1) is 0 Å². The summed E-state index contributed by atoms with van der Waals surface area (Å²) in [5.41, 5.74) is -0.856. The van der Waals surface area contributed by atoms with Gasteiger partial charge in [0.2, 0.25) is 15.7 Å². The standard InChI is InChI=1S/C22H28N2O10S.CH4/c1-11(19(25)24-18(20(26)27)12(2)34-22(24,3)4)23-21(28)33-10-14-7-13-8-15(31-5)16(32-6)9-17(13)35(14,29)30;/h7-9,11-12,18H,10H2,1-6H3,(H,23,28)(H,26,27);1H4. The molecule has 0 aromatic heterocycles. The molecule has 3 rings (SSSR count). The van der Waals surface area contributed by atoms with Crippen molar-refractivity contribution in [1.29, 1.82) is 0 Å². The highest BCUT2D eigenvalue weighted by atomic mass is 32.2. The molecule has 1 fully saturated rings. The van der Waals surface area contributed by atoms with E-state index in [0.717, 1.165) is 4.90 Å². The summed E-state index contributed by atoms with van der Waals surface area (Å²) >= 11 is 0. The van der Waals surface area contributed by atoms with Crippen LogP contribution in [0.5, 0.6) is 11.5 Å². The molecule has 12 nitrogen and oxygen atoms in total. The minimum absolute atomic E-state index is 0. The van der Waals surface area contributed by atoms with Crippen molar-refractivity contribution in [2.24, 2.45) is 0 Å². The summed E-state index contributed by atoms with van der Waals surface area (Å²) in [4.78, 5) is 37.9. The number of nitrogens with zero attached hydrogens (tertiary/aromatic N) is 1. The second-order valence-electron chi connectivity index (χ2n) is 8.56. The second kappa shape index (κ2) is 10.3. The summed E-state index contributed by atoms with van der Waals surface area (Å²) in [6.45, 7) is 5.42. The van der Waals surface area contributed by atoms with Crippen molar-refractivity contribution in [2.75, 3.05) is 20.8 Å².